The number of pyridine rings is 1. The summed E-state index contributed by atoms with van der Waals surface area (Å²) < 4.78 is 7.55. The fourth-order valence-electron chi connectivity index (χ4n) is 3.66. The quantitative estimate of drug-likeness (QED) is 0.430. The highest BCUT2D eigenvalue weighted by molar-refractivity contribution is 6.17. The molecule has 0 amide bonds. The van der Waals surface area contributed by atoms with Gasteiger partial charge in [0.1, 0.15) is 11.6 Å². The molecule has 5 nitrogen and oxygen atoms in total. The van der Waals surface area contributed by atoms with E-state index in [1.54, 1.807) is 0 Å². The zero-order valence-corrected chi connectivity index (χ0v) is 17.1. The van der Waals surface area contributed by atoms with Crippen LogP contribution >= 0.6 is 11.6 Å². The standard InChI is InChI=1S/C22H23ClN4O/c1-14-21(15(2)28-26-14)19-12-20-22(24-13-19)25-16(3)27(20)11-9-18-6-4-17(5-7-18)8-10-23/h4-7,12-13H,8-11H2,1-3H3. The molecule has 0 fully saturated rings. The number of aromatic nitrogens is 4. The van der Waals surface area contributed by atoms with Gasteiger partial charge in [-0.25, -0.2) is 9.97 Å². The average molecular weight is 395 g/mol. The highest BCUT2D eigenvalue weighted by Gasteiger charge is 2.15. The summed E-state index contributed by atoms with van der Waals surface area (Å²) in [6.45, 7) is 6.76. The van der Waals surface area contributed by atoms with Crippen LogP contribution in [0.1, 0.15) is 28.4 Å². The Morgan fingerprint density at radius 3 is 2.39 bits per heavy atom. The van der Waals surface area contributed by atoms with Crippen LogP contribution in [0.25, 0.3) is 22.3 Å². The Morgan fingerprint density at radius 2 is 1.75 bits per heavy atom. The Morgan fingerprint density at radius 1 is 1.04 bits per heavy atom. The summed E-state index contributed by atoms with van der Waals surface area (Å²) in [5, 5.41) is 4.06. The van der Waals surface area contributed by atoms with Crippen molar-refractivity contribution in [3.63, 3.8) is 0 Å². The van der Waals surface area contributed by atoms with E-state index in [9.17, 15) is 0 Å². The summed E-state index contributed by atoms with van der Waals surface area (Å²) in [6.07, 6.45) is 3.69. The van der Waals surface area contributed by atoms with Crippen molar-refractivity contribution in [1.82, 2.24) is 19.7 Å². The molecular formula is C22H23ClN4O. The third-order valence-electron chi connectivity index (χ3n) is 5.15. The van der Waals surface area contributed by atoms with Crippen LogP contribution < -0.4 is 0 Å². The minimum Gasteiger partial charge on any atom is -0.361 e. The van der Waals surface area contributed by atoms with E-state index in [1.807, 2.05) is 27.0 Å². The molecule has 0 aliphatic rings. The van der Waals surface area contributed by atoms with E-state index in [1.165, 1.54) is 11.1 Å². The maximum atomic E-state index is 5.82. The molecule has 144 valence electrons. The van der Waals surface area contributed by atoms with Crippen LogP contribution in [0.4, 0.5) is 0 Å². The molecule has 3 aromatic heterocycles. The van der Waals surface area contributed by atoms with E-state index in [0.717, 1.165) is 59.0 Å². The van der Waals surface area contributed by atoms with Crippen molar-refractivity contribution in [1.29, 1.82) is 0 Å². The molecule has 4 aromatic rings. The first-order chi connectivity index (χ1) is 13.6. The zero-order chi connectivity index (χ0) is 19.7. The Hall–Kier alpha value is -2.66. The van der Waals surface area contributed by atoms with E-state index in [4.69, 9.17) is 16.1 Å². The number of hydrogen-bond donors (Lipinski definition) is 0. The lowest BCUT2D eigenvalue weighted by atomic mass is 10.1. The van der Waals surface area contributed by atoms with Crippen molar-refractivity contribution in [3.8, 4) is 11.1 Å². The number of hydrogen-bond acceptors (Lipinski definition) is 4. The maximum Gasteiger partial charge on any atom is 0.177 e. The van der Waals surface area contributed by atoms with Crippen LogP contribution in [0.3, 0.4) is 0 Å². The van der Waals surface area contributed by atoms with Crippen LogP contribution in [0.2, 0.25) is 0 Å². The third-order valence-corrected chi connectivity index (χ3v) is 5.34. The molecule has 0 aliphatic carbocycles. The second kappa shape index (κ2) is 7.76. The molecule has 0 spiro atoms. The van der Waals surface area contributed by atoms with Crippen molar-refractivity contribution in [2.75, 3.05) is 5.88 Å². The van der Waals surface area contributed by atoms with Crippen molar-refractivity contribution >= 4 is 22.8 Å². The van der Waals surface area contributed by atoms with Gasteiger partial charge in [-0.2, -0.15) is 0 Å². The summed E-state index contributed by atoms with van der Waals surface area (Å²) in [6, 6.07) is 10.8. The van der Waals surface area contributed by atoms with Gasteiger partial charge in [0, 0.05) is 29.7 Å². The Labute approximate surface area is 169 Å². The molecule has 4 rings (SSSR count). The maximum absolute atomic E-state index is 5.82. The largest absolute Gasteiger partial charge is 0.361 e. The van der Waals surface area contributed by atoms with Crippen LogP contribution in [0.5, 0.6) is 0 Å². The second-order valence-corrected chi connectivity index (χ2v) is 7.46. The fraction of sp³-hybridized carbons (Fsp3) is 0.318. The van der Waals surface area contributed by atoms with Gasteiger partial charge in [-0.15, -0.1) is 11.6 Å². The van der Waals surface area contributed by atoms with E-state index in [-0.39, 0.29) is 0 Å². The molecule has 0 atom stereocenters. The molecular weight excluding hydrogens is 372 g/mol. The number of fused-ring (bicyclic) bond motifs is 1. The monoisotopic (exact) mass is 394 g/mol. The molecule has 0 radical (unpaired) electrons. The Kier molecular flexibility index (Phi) is 5.18. The lowest BCUT2D eigenvalue weighted by Crippen LogP contribution is -2.04. The molecule has 6 heteroatoms. The topological polar surface area (TPSA) is 56.7 Å². The minimum absolute atomic E-state index is 0.653. The number of aryl methyl sites for hydroxylation is 6. The van der Waals surface area contributed by atoms with Crippen LogP contribution in [-0.4, -0.2) is 25.6 Å². The Balaban J connectivity index is 1.63. The third kappa shape index (κ3) is 3.54. The molecule has 0 bridgehead atoms. The van der Waals surface area contributed by atoms with Gasteiger partial charge >= 0.3 is 0 Å². The summed E-state index contributed by atoms with van der Waals surface area (Å²) in [7, 11) is 0. The summed E-state index contributed by atoms with van der Waals surface area (Å²) in [4.78, 5) is 9.20. The first-order valence-electron chi connectivity index (χ1n) is 9.46. The molecule has 3 heterocycles. The summed E-state index contributed by atoms with van der Waals surface area (Å²) in [5.74, 6) is 2.43. The molecule has 1 aromatic carbocycles. The van der Waals surface area contributed by atoms with Crippen molar-refractivity contribution in [3.05, 3.63) is 64.9 Å². The van der Waals surface area contributed by atoms with E-state index < -0.39 is 0 Å². The molecule has 0 N–H and O–H groups in total. The predicted molar refractivity (Wildman–Crippen MR) is 112 cm³/mol. The van der Waals surface area contributed by atoms with Gasteiger partial charge in [-0.05, 0) is 50.8 Å². The molecule has 28 heavy (non-hydrogen) atoms. The van der Waals surface area contributed by atoms with Crippen molar-refractivity contribution < 1.29 is 4.52 Å². The lowest BCUT2D eigenvalue weighted by Gasteiger charge is -2.08. The molecule has 0 saturated heterocycles. The zero-order valence-electron chi connectivity index (χ0n) is 16.4. The van der Waals surface area contributed by atoms with Gasteiger partial charge in [0.25, 0.3) is 0 Å². The van der Waals surface area contributed by atoms with Gasteiger partial charge in [0.05, 0.1) is 11.2 Å². The molecule has 0 aliphatic heterocycles. The fourth-order valence-corrected chi connectivity index (χ4v) is 3.87. The first kappa shape index (κ1) is 18.7. The average Bonchev–Trinajstić information content (AvgIpc) is 3.19. The molecule has 0 saturated carbocycles. The number of benzene rings is 1. The first-order valence-corrected chi connectivity index (χ1v) is 10.00. The number of rotatable bonds is 6. The van der Waals surface area contributed by atoms with E-state index in [0.29, 0.717) is 5.88 Å². The van der Waals surface area contributed by atoms with E-state index >= 15 is 0 Å². The van der Waals surface area contributed by atoms with Crippen molar-refractivity contribution in [2.24, 2.45) is 0 Å². The number of alkyl halides is 1. The SMILES string of the molecule is Cc1noc(C)c1-c1cnc2nc(C)n(CCc3ccc(CCCl)cc3)c2c1. The van der Waals surface area contributed by atoms with Gasteiger partial charge in [0.15, 0.2) is 5.65 Å². The van der Waals surface area contributed by atoms with Gasteiger partial charge in [0.2, 0.25) is 0 Å². The number of imidazole rings is 1. The second-order valence-electron chi connectivity index (χ2n) is 7.08. The van der Waals surface area contributed by atoms with Gasteiger partial charge in [-0.3, -0.25) is 0 Å². The van der Waals surface area contributed by atoms with Crippen LogP contribution in [0, 0.1) is 20.8 Å². The summed E-state index contributed by atoms with van der Waals surface area (Å²) in [5.41, 5.74) is 7.27. The van der Waals surface area contributed by atoms with Crippen molar-refractivity contribution in [2.45, 2.75) is 40.2 Å². The van der Waals surface area contributed by atoms with Gasteiger partial charge in [-0.1, -0.05) is 29.4 Å². The van der Waals surface area contributed by atoms with Crippen LogP contribution in [-0.2, 0) is 19.4 Å². The minimum atomic E-state index is 0.653. The normalized spacial score (nSPS) is 11.4. The highest BCUT2D eigenvalue weighted by Crippen LogP contribution is 2.29. The van der Waals surface area contributed by atoms with E-state index in [2.05, 4.69) is 50.0 Å². The van der Waals surface area contributed by atoms with Crippen LogP contribution in [0.15, 0.2) is 41.1 Å². The molecule has 0 unspecified atom stereocenters. The lowest BCUT2D eigenvalue weighted by molar-refractivity contribution is 0.393. The Bertz CT molecular complexity index is 1090. The smallest absolute Gasteiger partial charge is 0.177 e. The number of halogens is 1. The number of nitrogens with zero attached hydrogens (tertiary/aromatic N) is 4. The summed E-state index contributed by atoms with van der Waals surface area (Å²) >= 11 is 5.82. The highest BCUT2D eigenvalue weighted by atomic mass is 35.5. The van der Waals surface area contributed by atoms with Gasteiger partial charge < -0.3 is 9.09 Å². The predicted octanol–water partition coefficient (Wildman–Crippen LogP) is 5.04.